The van der Waals surface area contributed by atoms with Crippen LogP contribution in [0.3, 0.4) is 0 Å². The van der Waals surface area contributed by atoms with Crippen LogP contribution in [0.15, 0.2) is 18.2 Å². The molecule has 2 aliphatic heterocycles. The smallest absolute Gasteiger partial charge is 0.399 e. The van der Waals surface area contributed by atoms with Crippen LogP contribution in [-0.2, 0) is 34.1 Å². The first-order chi connectivity index (χ1) is 14.5. The minimum Gasteiger partial charge on any atom is -0.399 e. The number of aromatic nitrogens is 2. The SMILES string of the molecule is Cn1c(C(=O)Nc2cccc(B3OC(C)(C)C(C)(C)O3)c2Cl)nc2c1CCN(C=O)C2. The topological polar surface area (TPSA) is 85.7 Å². The van der Waals surface area contributed by atoms with Crippen molar-refractivity contribution >= 4 is 42.2 Å². The van der Waals surface area contributed by atoms with Crippen molar-refractivity contribution in [3.8, 4) is 0 Å². The Morgan fingerprint density at radius 1 is 1.26 bits per heavy atom. The molecule has 10 heteroatoms. The van der Waals surface area contributed by atoms with E-state index in [-0.39, 0.29) is 11.7 Å². The number of hydrogen-bond acceptors (Lipinski definition) is 5. The number of imidazole rings is 1. The van der Waals surface area contributed by atoms with Crippen molar-refractivity contribution in [3.63, 3.8) is 0 Å². The van der Waals surface area contributed by atoms with Crippen molar-refractivity contribution in [2.75, 3.05) is 11.9 Å². The summed E-state index contributed by atoms with van der Waals surface area (Å²) < 4.78 is 14.0. The molecule has 0 spiro atoms. The third-order valence-electron chi connectivity index (χ3n) is 6.42. The minimum atomic E-state index is -0.635. The third kappa shape index (κ3) is 3.75. The van der Waals surface area contributed by atoms with Crippen LogP contribution in [0, 0.1) is 0 Å². The summed E-state index contributed by atoms with van der Waals surface area (Å²) in [5, 5.41) is 3.22. The van der Waals surface area contributed by atoms with Crippen LogP contribution < -0.4 is 10.8 Å². The van der Waals surface area contributed by atoms with Crippen molar-refractivity contribution in [2.45, 2.75) is 51.9 Å². The largest absolute Gasteiger partial charge is 0.496 e. The molecule has 0 saturated carbocycles. The maximum Gasteiger partial charge on any atom is 0.496 e. The highest BCUT2D eigenvalue weighted by atomic mass is 35.5. The molecular weight excluding hydrogens is 419 g/mol. The van der Waals surface area contributed by atoms with E-state index in [1.165, 1.54) is 0 Å². The van der Waals surface area contributed by atoms with Gasteiger partial charge in [-0.3, -0.25) is 9.59 Å². The number of amides is 2. The lowest BCUT2D eigenvalue weighted by molar-refractivity contribution is -0.119. The molecular formula is C21H26BClN4O4. The first-order valence-corrected chi connectivity index (χ1v) is 10.6. The number of nitrogens with zero attached hydrogens (tertiary/aromatic N) is 3. The quantitative estimate of drug-likeness (QED) is 0.577. The summed E-state index contributed by atoms with van der Waals surface area (Å²) in [5.41, 5.74) is 1.81. The number of benzene rings is 1. The second-order valence-electron chi connectivity index (χ2n) is 8.96. The fourth-order valence-corrected chi connectivity index (χ4v) is 4.08. The first kappa shape index (κ1) is 21.9. The molecule has 0 unspecified atom stereocenters. The molecule has 2 amide bonds. The van der Waals surface area contributed by atoms with Gasteiger partial charge in [0.25, 0.3) is 5.91 Å². The fraction of sp³-hybridized carbons (Fsp3) is 0.476. The van der Waals surface area contributed by atoms with Gasteiger partial charge >= 0.3 is 7.12 Å². The zero-order chi connectivity index (χ0) is 22.6. The van der Waals surface area contributed by atoms with Crippen molar-refractivity contribution in [1.29, 1.82) is 0 Å². The molecule has 0 atom stereocenters. The molecule has 0 bridgehead atoms. The van der Waals surface area contributed by atoms with Gasteiger partial charge in [-0.25, -0.2) is 4.98 Å². The Hall–Kier alpha value is -2.36. The maximum atomic E-state index is 13.0. The molecule has 2 aliphatic rings. The lowest BCUT2D eigenvalue weighted by atomic mass is 9.79. The van der Waals surface area contributed by atoms with Crippen LogP contribution in [0.25, 0.3) is 0 Å². The van der Waals surface area contributed by atoms with Crippen LogP contribution in [0.1, 0.15) is 49.7 Å². The molecule has 0 aliphatic carbocycles. The molecule has 1 aromatic heterocycles. The molecule has 1 N–H and O–H groups in total. The van der Waals surface area contributed by atoms with Crippen LogP contribution in [-0.4, -0.2) is 51.6 Å². The normalized spacial score (nSPS) is 19.3. The Bertz CT molecular complexity index is 1040. The maximum absolute atomic E-state index is 13.0. The standard InChI is InChI=1S/C21H26BClN4O4/c1-20(2)21(3,4)31-22(30-20)13-7-6-8-14(17(13)23)25-19(29)18-24-15-11-27(12-28)10-9-16(15)26(18)5/h6-8,12H,9-11H2,1-5H3,(H,25,29). The number of carbonyl (C=O) groups is 2. The lowest BCUT2D eigenvalue weighted by Crippen LogP contribution is -2.41. The average molecular weight is 445 g/mol. The number of anilines is 1. The average Bonchev–Trinajstić information content (AvgIpc) is 3.15. The summed E-state index contributed by atoms with van der Waals surface area (Å²) >= 11 is 6.64. The summed E-state index contributed by atoms with van der Waals surface area (Å²) in [6.07, 6.45) is 1.46. The van der Waals surface area contributed by atoms with E-state index in [9.17, 15) is 9.59 Å². The van der Waals surface area contributed by atoms with E-state index >= 15 is 0 Å². The second-order valence-corrected chi connectivity index (χ2v) is 9.34. The van der Waals surface area contributed by atoms with Crippen LogP contribution in [0.4, 0.5) is 5.69 Å². The summed E-state index contributed by atoms with van der Waals surface area (Å²) in [6, 6.07) is 5.35. The Balaban J connectivity index is 1.58. The van der Waals surface area contributed by atoms with Crippen molar-refractivity contribution in [2.24, 2.45) is 7.05 Å². The van der Waals surface area contributed by atoms with Gasteiger partial charge in [-0.15, -0.1) is 0 Å². The van der Waals surface area contributed by atoms with E-state index < -0.39 is 18.3 Å². The molecule has 1 saturated heterocycles. The Morgan fingerprint density at radius 3 is 2.58 bits per heavy atom. The molecule has 1 aromatic carbocycles. The molecule has 1 fully saturated rings. The number of carbonyl (C=O) groups excluding carboxylic acids is 2. The zero-order valence-corrected chi connectivity index (χ0v) is 19.1. The van der Waals surface area contributed by atoms with Crippen LogP contribution >= 0.6 is 11.6 Å². The molecule has 164 valence electrons. The van der Waals surface area contributed by atoms with E-state index in [4.69, 9.17) is 20.9 Å². The van der Waals surface area contributed by atoms with Gasteiger partial charge in [0, 0.05) is 31.2 Å². The van der Waals surface area contributed by atoms with Gasteiger partial charge in [0.1, 0.15) is 0 Å². The summed E-state index contributed by atoms with van der Waals surface area (Å²) in [6.45, 7) is 8.90. The van der Waals surface area contributed by atoms with Gasteiger partial charge in [0.15, 0.2) is 5.82 Å². The van der Waals surface area contributed by atoms with Crippen molar-refractivity contribution in [3.05, 3.63) is 40.4 Å². The Labute approximate surface area is 187 Å². The zero-order valence-electron chi connectivity index (χ0n) is 18.4. The lowest BCUT2D eigenvalue weighted by Gasteiger charge is -2.32. The summed E-state index contributed by atoms with van der Waals surface area (Å²) in [7, 11) is 1.17. The van der Waals surface area contributed by atoms with E-state index in [1.54, 1.807) is 28.6 Å². The van der Waals surface area contributed by atoms with E-state index in [1.807, 2.05) is 33.8 Å². The molecule has 31 heavy (non-hydrogen) atoms. The summed E-state index contributed by atoms with van der Waals surface area (Å²) in [5.74, 6) is -0.0997. The summed E-state index contributed by atoms with van der Waals surface area (Å²) in [4.78, 5) is 30.2. The monoisotopic (exact) mass is 444 g/mol. The van der Waals surface area contributed by atoms with E-state index in [2.05, 4.69) is 10.3 Å². The molecule has 3 heterocycles. The molecule has 8 nitrogen and oxygen atoms in total. The van der Waals surface area contributed by atoms with E-state index in [0.29, 0.717) is 35.7 Å². The Morgan fingerprint density at radius 2 is 1.94 bits per heavy atom. The van der Waals surface area contributed by atoms with Gasteiger partial charge in [-0.1, -0.05) is 23.7 Å². The third-order valence-corrected chi connectivity index (χ3v) is 6.84. The molecule has 0 radical (unpaired) electrons. The number of nitrogens with one attached hydrogen (secondary N) is 1. The first-order valence-electron chi connectivity index (χ1n) is 10.2. The number of fused-ring (bicyclic) bond motifs is 1. The van der Waals surface area contributed by atoms with E-state index in [0.717, 1.165) is 17.8 Å². The molecule has 4 rings (SSSR count). The fourth-order valence-electron chi connectivity index (χ4n) is 3.82. The minimum absolute atomic E-state index is 0.273. The van der Waals surface area contributed by atoms with Crippen LogP contribution in [0.5, 0.6) is 0 Å². The predicted octanol–water partition coefficient (Wildman–Crippen LogP) is 2.14. The Kier molecular flexibility index (Phi) is 5.40. The highest BCUT2D eigenvalue weighted by Gasteiger charge is 2.52. The second kappa shape index (κ2) is 7.65. The highest BCUT2D eigenvalue weighted by Crippen LogP contribution is 2.37. The number of rotatable bonds is 4. The van der Waals surface area contributed by atoms with Gasteiger partial charge in [0.05, 0.1) is 34.2 Å². The highest BCUT2D eigenvalue weighted by molar-refractivity contribution is 6.66. The number of hydrogen-bond donors (Lipinski definition) is 1. The van der Waals surface area contributed by atoms with Gasteiger partial charge in [-0.2, -0.15) is 0 Å². The predicted molar refractivity (Wildman–Crippen MR) is 119 cm³/mol. The van der Waals surface area contributed by atoms with Gasteiger partial charge in [0.2, 0.25) is 6.41 Å². The van der Waals surface area contributed by atoms with Crippen LogP contribution in [0.2, 0.25) is 5.02 Å². The van der Waals surface area contributed by atoms with Crippen molar-refractivity contribution < 1.29 is 18.9 Å². The van der Waals surface area contributed by atoms with Gasteiger partial charge < -0.3 is 24.1 Å². The van der Waals surface area contributed by atoms with Gasteiger partial charge in [-0.05, 0) is 33.8 Å². The molecule has 2 aromatic rings. The van der Waals surface area contributed by atoms with Crippen molar-refractivity contribution in [1.82, 2.24) is 14.5 Å². The number of halogens is 1.